The predicted molar refractivity (Wildman–Crippen MR) is 88.4 cm³/mol. The molecule has 1 aliphatic rings. The number of hydrogen-bond acceptors (Lipinski definition) is 4. The molecule has 0 bridgehead atoms. The molecular formula is C16H19ClN2O5. The predicted octanol–water partition coefficient (Wildman–Crippen LogP) is 1.63. The van der Waals surface area contributed by atoms with E-state index in [0.717, 1.165) is 0 Å². The molecule has 1 aromatic rings. The first-order valence-corrected chi connectivity index (χ1v) is 7.82. The van der Waals surface area contributed by atoms with Gasteiger partial charge >= 0.3 is 5.97 Å². The van der Waals surface area contributed by atoms with Crippen LogP contribution in [0.25, 0.3) is 0 Å². The van der Waals surface area contributed by atoms with Gasteiger partial charge in [-0.1, -0.05) is 11.6 Å². The maximum absolute atomic E-state index is 12.4. The number of aliphatic carboxylic acids is 1. The average molecular weight is 355 g/mol. The topological polar surface area (TPSA) is 87.2 Å². The van der Waals surface area contributed by atoms with Crippen molar-refractivity contribution in [1.29, 1.82) is 0 Å². The lowest BCUT2D eigenvalue weighted by Gasteiger charge is -2.22. The van der Waals surface area contributed by atoms with Gasteiger partial charge < -0.3 is 19.6 Å². The van der Waals surface area contributed by atoms with Crippen molar-refractivity contribution in [2.75, 3.05) is 32.1 Å². The van der Waals surface area contributed by atoms with E-state index in [4.69, 9.17) is 21.4 Å². The third-order valence-electron chi connectivity index (χ3n) is 3.94. The third-order valence-corrected chi connectivity index (χ3v) is 4.18. The highest BCUT2D eigenvalue weighted by Gasteiger charge is 2.37. The second-order valence-corrected chi connectivity index (χ2v) is 6.06. The number of benzene rings is 1. The van der Waals surface area contributed by atoms with Gasteiger partial charge in [-0.3, -0.25) is 14.4 Å². The molecule has 0 radical (unpaired) electrons. The number of carbonyl (C=O) groups excluding carboxylic acids is 2. The monoisotopic (exact) mass is 354 g/mol. The van der Waals surface area contributed by atoms with Crippen LogP contribution in [0, 0.1) is 5.92 Å². The zero-order valence-electron chi connectivity index (χ0n) is 13.5. The van der Waals surface area contributed by atoms with Crippen molar-refractivity contribution in [3.63, 3.8) is 0 Å². The molecule has 1 aliphatic heterocycles. The normalized spacial score (nSPS) is 17.0. The lowest BCUT2D eigenvalue weighted by Crippen LogP contribution is -2.36. The summed E-state index contributed by atoms with van der Waals surface area (Å²) in [4.78, 5) is 38.2. The fourth-order valence-electron chi connectivity index (χ4n) is 2.67. The fourth-order valence-corrected chi connectivity index (χ4v) is 2.83. The molecule has 0 aromatic heterocycles. The van der Waals surface area contributed by atoms with Crippen LogP contribution in [0.1, 0.15) is 12.8 Å². The second kappa shape index (κ2) is 7.53. The first-order chi connectivity index (χ1) is 11.3. The number of halogens is 1. The summed E-state index contributed by atoms with van der Waals surface area (Å²) in [5, 5.41) is 9.16. The summed E-state index contributed by atoms with van der Waals surface area (Å²) < 4.78 is 5.26. The van der Waals surface area contributed by atoms with Gasteiger partial charge in [-0.25, -0.2) is 0 Å². The highest BCUT2D eigenvalue weighted by Crippen LogP contribution is 2.35. The van der Waals surface area contributed by atoms with Crippen LogP contribution in [0.5, 0.6) is 5.75 Å². The van der Waals surface area contributed by atoms with Crippen molar-refractivity contribution in [3.8, 4) is 5.75 Å². The van der Waals surface area contributed by atoms with Gasteiger partial charge in [0.15, 0.2) is 0 Å². The smallest absolute Gasteiger partial charge is 0.305 e. The molecule has 0 aliphatic carbocycles. The maximum atomic E-state index is 12.4. The third kappa shape index (κ3) is 3.97. The average Bonchev–Trinajstić information content (AvgIpc) is 2.93. The Morgan fingerprint density at radius 1 is 1.46 bits per heavy atom. The standard InChI is InChI=1S/C16H19ClN2O5/c1-18(6-5-15(21)22)16(23)10-7-14(20)19(9-10)12-8-11(17)3-4-13(12)24-2/h3-4,8,10H,5-7,9H2,1-2H3,(H,21,22). The van der Waals surface area contributed by atoms with E-state index in [2.05, 4.69) is 0 Å². The number of rotatable bonds is 6. The quantitative estimate of drug-likeness (QED) is 0.839. The Hall–Kier alpha value is -2.28. The number of anilines is 1. The van der Waals surface area contributed by atoms with E-state index in [1.807, 2.05) is 0 Å². The molecule has 1 atom stereocenters. The number of carbonyl (C=O) groups is 3. The molecule has 1 unspecified atom stereocenters. The van der Waals surface area contributed by atoms with Gasteiger partial charge in [0.1, 0.15) is 5.75 Å². The molecule has 1 fully saturated rings. The van der Waals surface area contributed by atoms with Gasteiger partial charge in [0.25, 0.3) is 0 Å². The number of hydrogen-bond donors (Lipinski definition) is 1. The summed E-state index contributed by atoms with van der Waals surface area (Å²) in [6, 6.07) is 4.95. The van der Waals surface area contributed by atoms with Crippen molar-refractivity contribution in [3.05, 3.63) is 23.2 Å². The Morgan fingerprint density at radius 2 is 2.17 bits per heavy atom. The number of amides is 2. The first-order valence-electron chi connectivity index (χ1n) is 7.44. The Morgan fingerprint density at radius 3 is 2.79 bits per heavy atom. The SMILES string of the molecule is COc1ccc(Cl)cc1N1CC(C(=O)N(C)CCC(=O)O)CC1=O. The zero-order valence-corrected chi connectivity index (χ0v) is 14.2. The molecule has 1 saturated heterocycles. The molecule has 1 N–H and O–H groups in total. The Kier molecular flexibility index (Phi) is 5.66. The summed E-state index contributed by atoms with van der Waals surface area (Å²) in [6.45, 7) is 0.325. The fraction of sp³-hybridized carbons (Fsp3) is 0.438. The number of ether oxygens (including phenoxy) is 1. The molecule has 24 heavy (non-hydrogen) atoms. The summed E-state index contributed by atoms with van der Waals surface area (Å²) in [5.74, 6) is -1.42. The summed E-state index contributed by atoms with van der Waals surface area (Å²) in [6.07, 6.45) is -0.0549. The van der Waals surface area contributed by atoms with Gasteiger partial charge in [-0.05, 0) is 18.2 Å². The number of carboxylic acids is 1. The van der Waals surface area contributed by atoms with Crippen molar-refractivity contribution in [2.24, 2.45) is 5.92 Å². The number of methoxy groups -OCH3 is 1. The van der Waals surface area contributed by atoms with E-state index in [-0.39, 0.29) is 37.7 Å². The molecule has 1 heterocycles. The van der Waals surface area contributed by atoms with Crippen molar-refractivity contribution in [1.82, 2.24) is 4.90 Å². The van der Waals surface area contributed by atoms with Crippen LogP contribution >= 0.6 is 11.6 Å². The summed E-state index contributed by atoms with van der Waals surface area (Å²) in [5.41, 5.74) is 0.526. The van der Waals surface area contributed by atoms with E-state index in [1.165, 1.54) is 16.9 Å². The second-order valence-electron chi connectivity index (χ2n) is 5.63. The molecule has 2 rings (SSSR count). The van der Waals surface area contributed by atoms with Crippen LogP contribution in [0.3, 0.4) is 0 Å². The van der Waals surface area contributed by atoms with E-state index >= 15 is 0 Å². The Bertz CT molecular complexity index is 664. The van der Waals surface area contributed by atoms with E-state index in [1.54, 1.807) is 25.2 Å². The zero-order chi connectivity index (χ0) is 17.9. The minimum absolute atomic E-state index is 0.0753. The van der Waals surface area contributed by atoms with Gasteiger partial charge in [0.05, 0.1) is 25.1 Å². The number of carboxylic acid groups (broad SMARTS) is 1. The van der Waals surface area contributed by atoms with Crippen molar-refractivity contribution >= 4 is 35.1 Å². The van der Waals surface area contributed by atoms with Gasteiger partial charge in [-0.15, -0.1) is 0 Å². The molecule has 2 amide bonds. The highest BCUT2D eigenvalue weighted by molar-refractivity contribution is 6.31. The van der Waals surface area contributed by atoms with Crippen LogP contribution in [0.4, 0.5) is 5.69 Å². The Labute approximate surface area is 144 Å². The van der Waals surface area contributed by atoms with Crippen molar-refractivity contribution < 1.29 is 24.2 Å². The highest BCUT2D eigenvalue weighted by atomic mass is 35.5. The molecular weight excluding hydrogens is 336 g/mol. The van der Waals surface area contributed by atoms with Gasteiger partial charge in [-0.2, -0.15) is 0 Å². The van der Waals surface area contributed by atoms with Crippen LogP contribution in [-0.2, 0) is 14.4 Å². The molecule has 0 saturated carbocycles. The van der Waals surface area contributed by atoms with Crippen LogP contribution in [0.2, 0.25) is 5.02 Å². The van der Waals surface area contributed by atoms with E-state index in [0.29, 0.717) is 16.5 Å². The summed E-state index contributed by atoms with van der Waals surface area (Å²) in [7, 11) is 3.04. The summed E-state index contributed by atoms with van der Waals surface area (Å²) >= 11 is 6.00. The van der Waals surface area contributed by atoms with Crippen molar-refractivity contribution in [2.45, 2.75) is 12.8 Å². The lowest BCUT2D eigenvalue weighted by atomic mass is 10.1. The molecule has 130 valence electrons. The molecule has 1 aromatic carbocycles. The Balaban J connectivity index is 2.12. The van der Waals surface area contributed by atoms with E-state index in [9.17, 15) is 14.4 Å². The van der Waals surface area contributed by atoms with Crippen LogP contribution in [0.15, 0.2) is 18.2 Å². The van der Waals surface area contributed by atoms with E-state index < -0.39 is 11.9 Å². The first kappa shape index (κ1) is 18.1. The van der Waals surface area contributed by atoms with Crippen LogP contribution in [-0.4, -0.2) is 55.0 Å². The maximum Gasteiger partial charge on any atom is 0.305 e. The molecule has 0 spiro atoms. The molecule has 8 heteroatoms. The van der Waals surface area contributed by atoms with Gasteiger partial charge in [0.2, 0.25) is 11.8 Å². The number of nitrogens with zero attached hydrogens (tertiary/aromatic N) is 2. The van der Waals surface area contributed by atoms with Crippen LogP contribution < -0.4 is 9.64 Å². The lowest BCUT2D eigenvalue weighted by molar-refractivity contribution is -0.139. The minimum Gasteiger partial charge on any atom is -0.495 e. The largest absolute Gasteiger partial charge is 0.495 e. The minimum atomic E-state index is -0.970. The van der Waals surface area contributed by atoms with Gasteiger partial charge in [0, 0.05) is 31.6 Å². The molecule has 7 nitrogen and oxygen atoms in total.